The summed E-state index contributed by atoms with van der Waals surface area (Å²) in [6.45, 7) is 2.57. The average molecular weight is 533 g/mol. The SMILES string of the molecule is C/C=C1/CN2[C@@H]3C[C@@]45c6ccccc6N[C@]4(O3)[C@@H]2C[C@@H]1[C@@]5(COC(=O)c1ccc(OC)c(OC)c1)C(=O)OC. The van der Waals surface area contributed by atoms with Crippen molar-refractivity contribution in [3.63, 3.8) is 0 Å². The summed E-state index contributed by atoms with van der Waals surface area (Å²) in [6.07, 6.45) is 3.24. The fourth-order valence-electron chi connectivity index (χ4n) is 8.52. The second-order valence-electron chi connectivity index (χ2n) is 11.0. The van der Waals surface area contributed by atoms with E-state index in [1.165, 1.54) is 21.3 Å². The number of piperidine rings is 2. The van der Waals surface area contributed by atoms with Crippen LogP contribution in [-0.4, -0.2) is 69.3 Å². The van der Waals surface area contributed by atoms with Gasteiger partial charge < -0.3 is 29.0 Å². The van der Waals surface area contributed by atoms with E-state index >= 15 is 0 Å². The summed E-state index contributed by atoms with van der Waals surface area (Å²) in [7, 11) is 4.47. The standard InChI is InChI=1S/C30H32N2O7/c1-5-17-15-32-24-13-20(17)28(27(34)37-4,16-38-26(33)18-10-11-22(35-2)23(12-18)36-3)29-14-25(32)39-30(24,29)31-21-9-7-6-8-19(21)29/h5-12,20,24-25,31H,13-16H2,1-4H3/b17-5-/t20-,24-,25-,28-,29-,30-/m0/s1. The Bertz CT molecular complexity index is 1420. The highest BCUT2D eigenvalue weighted by molar-refractivity contribution is 5.91. The molecule has 7 rings (SSSR count). The number of para-hydroxylation sites is 1. The summed E-state index contributed by atoms with van der Waals surface area (Å²) in [5.41, 5.74) is 0.618. The van der Waals surface area contributed by atoms with Crippen LogP contribution in [0.5, 0.6) is 11.5 Å². The van der Waals surface area contributed by atoms with Gasteiger partial charge in [-0.1, -0.05) is 29.8 Å². The summed E-state index contributed by atoms with van der Waals surface area (Å²) >= 11 is 0. The first-order valence-electron chi connectivity index (χ1n) is 13.3. The van der Waals surface area contributed by atoms with E-state index in [0.29, 0.717) is 36.4 Å². The van der Waals surface area contributed by atoms with E-state index in [1.807, 2.05) is 25.1 Å². The molecule has 4 heterocycles. The summed E-state index contributed by atoms with van der Waals surface area (Å²) in [5, 5.41) is 3.73. The van der Waals surface area contributed by atoms with Gasteiger partial charge >= 0.3 is 11.9 Å². The Kier molecular flexibility index (Phi) is 5.16. The van der Waals surface area contributed by atoms with Crippen LogP contribution in [0.3, 0.4) is 0 Å². The monoisotopic (exact) mass is 532 g/mol. The number of fused-ring (bicyclic) bond motifs is 4. The van der Waals surface area contributed by atoms with Gasteiger partial charge in [-0.05, 0) is 43.2 Å². The lowest BCUT2D eigenvalue weighted by atomic mass is 9.42. The van der Waals surface area contributed by atoms with Crippen molar-refractivity contribution in [2.75, 3.05) is 39.8 Å². The van der Waals surface area contributed by atoms with Crippen LogP contribution in [0.25, 0.3) is 0 Å². The third-order valence-corrected chi connectivity index (χ3v) is 9.98. The fraction of sp³-hybridized carbons (Fsp3) is 0.467. The van der Waals surface area contributed by atoms with Crippen LogP contribution in [-0.2, 0) is 24.4 Å². The topological polar surface area (TPSA) is 95.6 Å². The first-order chi connectivity index (χ1) is 18.9. The Morgan fingerprint density at radius 3 is 2.67 bits per heavy atom. The van der Waals surface area contributed by atoms with Crippen molar-refractivity contribution in [2.45, 2.75) is 43.2 Å². The lowest BCUT2D eigenvalue weighted by Crippen LogP contribution is -2.78. The minimum absolute atomic E-state index is 0.0803. The Labute approximate surface area is 227 Å². The molecule has 3 saturated heterocycles. The highest BCUT2D eigenvalue weighted by Crippen LogP contribution is 2.76. The van der Waals surface area contributed by atoms with E-state index in [4.69, 9.17) is 23.7 Å². The number of carbonyl (C=O) groups is 2. The number of nitrogens with zero attached hydrogens (tertiary/aromatic N) is 1. The molecule has 0 unspecified atom stereocenters. The molecule has 4 bridgehead atoms. The molecule has 4 fully saturated rings. The van der Waals surface area contributed by atoms with Crippen LogP contribution >= 0.6 is 0 Å². The number of anilines is 1. The zero-order valence-electron chi connectivity index (χ0n) is 22.5. The molecule has 0 radical (unpaired) electrons. The number of hydrogen-bond donors (Lipinski definition) is 1. The third kappa shape index (κ3) is 2.72. The lowest BCUT2D eigenvalue weighted by molar-refractivity contribution is -0.191. The van der Waals surface area contributed by atoms with Crippen LogP contribution in [0.1, 0.15) is 35.7 Å². The van der Waals surface area contributed by atoms with Gasteiger partial charge in [-0.2, -0.15) is 0 Å². The first kappa shape index (κ1) is 24.5. The maximum Gasteiger partial charge on any atom is 0.338 e. The minimum atomic E-state index is -1.20. The number of ether oxygens (including phenoxy) is 5. The van der Waals surface area contributed by atoms with Crippen molar-refractivity contribution in [2.24, 2.45) is 11.3 Å². The van der Waals surface area contributed by atoms with E-state index in [9.17, 15) is 9.59 Å². The number of benzene rings is 2. The van der Waals surface area contributed by atoms with E-state index in [2.05, 4.69) is 22.4 Å². The quantitative estimate of drug-likeness (QED) is 0.443. The van der Waals surface area contributed by atoms with Gasteiger partial charge in [0.25, 0.3) is 0 Å². The van der Waals surface area contributed by atoms with Crippen molar-refractivity contribution in [3.05, 3.63) is 65.2 Å². The summed E-state index contributed by atoms with van der Waals surface area (Å²) in [5.74, 6) is -0.177. The molecule has 1 saturated carbocycles. The van der Waals surface area contributed by atoms with Gasteiger partial charge in [0.1, 0.15) is 18.2 Å². The Morgan fingerprint density at radius 1 is 1.13 bits per heavy atom. The Hall–Kier alpha value is -3.56. The number of rotatable bonds is 6. The number of hydrogen-bond acceptors (Lipinski definition) is 9. The molecule has 6 atom stereocenters. The van der Waals surface area contributed by atoms with E-state index in [-0.39, 0.29) is 30.8 Å². The maximum atomic E-state index is 14.3. The highest BCUT2D eigenvalue weighted by Gasteiger charge is 2.87. The zero-order valence-corrected chi connectivity index (χ0v) is 22.5. The summed E-state index contributed by atoms with van der Waals surface area (Å²) in [4.78, 5) is 30.3. The van der Waals surface area contributed by atoms with Gasteiger partial charge in [0.05, 0.1) is 38.3 Å². The number of nitrogens with one attached hydrogen (secondary N) is 1. The predicted octanol–water partition coefficient (Wildman–Crippen LogP) is 3.49. The molecule has 0 aromatic heterocycles. The molecule has 1 aliphatic carbocycles. The molecule has 39 heavy (non-hydrogen) atoms. The van der Waals surface area contributed by atoms with Crippen molar-refractivity contribution >= 4 is 17.6 Å². The van der Waals surface area contributed by atoms with Gasteiger partial charge in [-0.25, -0.2) is 4.79 Å². The first-order valence-corrected chi connectivity index (χ1v) is 13.3. The molecule has 2 aromatic carbocycles. The largest absolute Gasteiger partial charge is 0.493 e. The molecule has 9 heteroatoms. The van der Waals surface area contributed by atoms with Crippen molar-refractivity contribution < 1.29 is 33.3 Å². The molecule has 2 aromatic rings. The molecular formula is C30H32N2O7. The van der Waals surface area contributed by atoms with Crippen LogP contribution in [0, 0.1) is 11.3 Å². The van der Waals surface area contributed by atoms with Gasteiger partial charge in [-0.3, -0.25) is 9.69 Å². The number of allylic oxidation sites excluding steroid dienone is 1. The van der Waals surface area contributed by atoms with Gasteiger partial charge in [0.15, 0.2) is 17.2 Å². The second-order valence-corrected chi connectivity index (χ2v) is 11.0. The normalized spacial score (nSPS) is 35.8. The minimum Gasteiger partial charge on any atom is -0.493 e. The molecular weight excluding hydrogens is 500 g/mol. The van der Waals surface area contributed by atoms with Gasteiger partial charge in [0, 0.05) is 24.6 Å². The average Bonchev–Trinajstić information content (AvgIpc) is 3.59. The van der Waals surface area contributed by atoms with Crippen molar-refractivity contribution in [3.8, 4) is 11.5 Å². The highest BCUT2D eigenvalue weighted by atomic mass is 16.6. The number of esters is 2. The second kappa shape index (κ2) is 8.22. The number of methoxy groups -OCH3 is 3. The summed E-state index contributed by atoms with van der Waals surface area (Å²) in [6, 6.07) is 13.1. The molecule has 1 N–H and O–H groups in total. The van der Waals surface area contributed by atoms with E-state index < -0.39 is 22.5 Å². The molecule has 9 nitrogen and oxygen atoms in total. The molecule has 1 spiro atoms. The van der Waals surface area contributed by atoms with Gasteiger partial charge in [-0.15, -0.1) is 0 Å². The van der Waals surface area contributed by atoms with Crippen molar-refractivity contribution in [1.82, 2.24) is 4.90 Å². The van der Waals surface area contributed by atoms with Crippen molar-refractivity contribution in [1.29, 1.82) is 0 Å². The Morgan fingerprint density at radius 2 is 1.92 bits per heavy atom. The molecule has 4 aliphatic heterocycles. The smallest absolute Gasteiger partial charge is 0.338 e. The van der Waals surface area contributed by atoms with E-state index in [1.54, 1.807) is 18.2 Å². The van der Waals surface area contributed by atoms with Crippen LogP contribution < -0.4 is 14.8 Å². The Balaban J connectivity index is 1.38. The molecule has 204 valence electrons. The maximum absolute atomic E-state index is 14.3. The third-order valence-electron chi connectivity index (χ3n) is 9.98. The molecule has 0 amide bonds. The van der Waals surface area contributed by atoms with Crippen LogP contribution in [0.15, 0.2) is 54.1 Å². The van der Waals surface area contributed by atoms with Crippen LogP contribution in [0.2, 0.25) is 0 Å². The lowest BCUT2D eigenvalue weighted by Gasteiger charge is -2.64. The van der Waals surface area contributed by atoms with Gasteiger partial charge in [0.2, 0.25) is 0 Å². The number of carbonyl (C=O) groups excluding carboxylic acids is 2. The summed E-state index contributed by atoms with van der Waals surface area (Å²) < 4.78 is 29.3. The predicted molar refractivity (Wildman–Crippen MR) is 141 cm³/mol. The fourth-order valence-corrected chi connectivity index (χ4v) is 8.52. The van der Waals surface area contributed by atoms with Crippen LogP contribution in [0.4, 0.5) is 5.69 Å². The van der Waals surface area contributed by atoms with E-state index in [0.717, 1.165) is 16.8 Å². The molecule has 5 aliphatic rings. The zero-order chi connectivity index (χ0) is 27.2.